The number of carbonyl (C=O) groups excluding carboxylic acids is 1. The molecule has 0 saturated heterocycles. The molecule has 0 radical (unpaired) electrons. The van der Waals surface area contributed by atoms with E-state index in [2.05, 4.69) is 16.9 Å². The molecule has 2 rings (SSSR count). The van der Waals surface area contributed by atoms with Crippen LogP contribution in [0.5, 0.6) is 0 Å². The largest absolute Gasteiger partial charge is 0.300 e. The maximum absolute atomic E-state index is 12.5. The van der Waals surface area contributed by atoms with Crippen LogP contribution in [0.15, 0.2) is 6.20 Å². The summed E-state index contributed by atoms with van der Waals surface area (Å²) in [4.78, 5) is 17.8. The number of alkyl halides is 2. The summed E-state index contributed by atoms with van der Waals surface area (Å²) in [5.74, 6) is -1.48. The highest BCUT2D eigenvalue weighted by atomic mass is 35.5. The Hall–Kier alpha value is -1.10. The van der Waals surface area contributed by atoms with Gasteiger partial charge in [-0.3, -0.25) is 0 Å². The van der Waals surface area contributed by atoms with Crippen LogP contribution < -0.4 is 0 Å². The van der Waals surface area contributed by atoms with Crippen LogP contribution >= 0.6 is 11.6 Å². The third-order valence-electron chi connectivity index (χ3n) is 4.21. The van der Waals surface area contributed by atoms with Gasteiger partial charge in [0.05, 0.1) is 0 Å². The molecule has 1 aromatic rings. The van der Waals surface area contributed by atoms with Crippen LogP contribution in [0, 0.1) is 19.8 Å². The van der Waals surface area contributed by atoms with Gasteiger partial charge < -0.3 is 4.79 Å². The molecule has 1 fully saturated rings. The molecule has 1 saturated carbocycles. The van der Waals surface area contributed by atoms with Crippen molar-refractivity contribution in [2.75, 3.05) is 0 Å². The number of ketones is 1. The Morgan fingerprint density at radius 1 is 1.22 bits per heavy atom. The first-order valence-electron chi connectivity index (χ1n) is 9.94. The molecule has 0 spiro atoms. The van der Waals surface area contributed by atoms with Gasteiger partial charge in [-0.25, -0.2) is 18.7 Å². The maximum Gasteiger partial charge on any atom is 0.248 e. The van der Waals surface area contributed by atoms with E-state index in [0.717, 1.165) is 43.4 Å². The molecular formula is C21H37ClF2N2O. The van der Waals surface area contributed by atoms with Gasteiger partial charge in [-0.15, -0.1) is 0 Å². The lowest BCUT2D eigenvalue weighted by Gasteiger charge is -2.27. The van der Waals surface area contributed by atoms with E-state index in [1.165, 1.54) is 0 Å². The summed E-state index contributed by atoms with van der Waals surface area (Å²) < 4.78 is 25.0. The van der Waals surface area contributed by atoms with Crippen LogP contribution in [0.3, 0.4) is 0 Å². The summed E-state index contributed by atoms with van der Waals surface area (Å²) in [5, 5.41) is 0.318. The van der Waals surface area contributed by atoms with E-state index in [0.29, 0.717) is 11.2 Å². The Morgan fingerprint density at radius 2 is 1.74 bits per heavy atom. The van der Waals surface area contributed by atoms with Crippen molar-refractivity contribution in [1.82, 2.24) is 9.97 Å². The zero-order chi connectivity index (χ0) is 21.5. The zero-order valence-electron chi connectivity index (χ0n) is 18.0. The molecule has 0 aromatic carbocycles. The number of hydrogen-bond acceptors (Lipinski definition) is 3. The Balaban J connectivity index is 0. The van der Waals surface area contributed by atoms with Crippen LogP contribution in [0.25, 0.3) is 0 Å². The minimum Gasteiger partial charge on any atom is -0.300 e. The van der Waals surface area contributed by atoms with Crippen molar-refractivity contribution in [3.8, 4) is 0 Å². The number of nitrogens with zero attached hydrogens (tertiary/aromatic N) is 2. The van der Waals surface area contributed by atoms with Crippen molar-refractivity contribution in [2.45, 2.75) is 99.3 Å². The number of aryl methyl sites for hydroxylation is 2. The molecule has 0 unspecified atom stereocenters. The van der Waals surface area contributed by atoms with Crippen LogP contribution in [-0.2, 0) is 4.79 Å². The molecule has 0 N–H and O–H groups in total. The summed E-state index contributed by atoms with van der Waals surface area (Å²) in [7, 11) is 0. The smallest absolute Gasteiger partial charge is 0.248 e. The summed E-state index contributed by atoms with van der Waals surface area (Å²) >= 11 is 5.49. The number of Topliss-reactive ketones (excluding diaryl/α,β-unsaturated/α-hetero) is 1. The Kier molecular flexibility index (Phi) is 16.6. The van der Waals surface area contributed by atoms with Crippen LogP contribution in [-0.4, -0.2) is 21.7 Å². The average Bonchev–Trinajstić information content (AvgIpc) is 2.61. The van der Waals surface area contributed by atoms with Crippen molar-refractivity contribution in [1.29, 1.82) is 0 Å². The molecule has 1 aliphatic rings. The van der Waals surface area contributed by atoms with Crippen molar-refractivity contribution in [2.24, 2.45) is 5.92 Å². The second-order valence-electron chi connectivity index (χ2n) is 6.57. The van der Waals surface area contributed by atoms with Crippen molar-refractivity contribution in [3.05, 3.63) is 22.7 Å². The van der Waals surface area contributed by atoms with Crippen LogP contribution in [0.4, 0.5) is 8.78 Å². The first-order chi connectivity index (χ1) is 12.6. The fourth-order valence-corrected chi connectivity index (χ4v) is 2.53. The molecule has 0 aliphatic heterocycles. The molecule has 0 atom stereocenters. The molecule has 1 aromatic heterocycles. The van der Waals surface area contributed by atoms with Crippen molar-refractivity contribution in [3.63, 3.8) is 0 Å². The quantitative estimate of drug-likeness (QED) is 0.492. The molecule has 0 bridgehead atoms. The Labute approximate surface area is 169 Å². The van der Waals surface area contributed by atoms with Gasteiger partial charge in [-0.1, -0.05) is 34.1 Å². The van der Waals surface area contributed by atoms with E-state index in [4.69, 9.17) is 11.6 Å². The minimum atomic E-state index is -2.34. The first kappa shape index (κ1) is 28.1. The predicted molar refractivity (Wildman–Crippen MR) is 111 cm³/mol. The second-order valence-corrected chi connectivity index (χ2v) is 6.91. The fourth-order valence-electron chi connectivity index (χ4n) is 2.36. The van der Waals surface area contributed by atoms with E-state index in [1.54, 1.807) is 13.1 Å². The van der Waals surface area contributed by atoms with Gasteiger partial charge in [0.25, 0.3) is 0 Å². The van der Waals surface area contributed by atoms with Crippen molar-refractivity contribution >= 4 is 17.4 Å². The SMILES string of the molecule is CC.CCC1CCC(F)(F)CC1.CCCC(C)=O.Cc1cnc(Cl)nc1C. The van der Waals surface area contributed by atoms with Gasteiger partial charge in [0.15, 0.2) is 0 Å². The van der Waals surface area contributed by atoms with Crippen LogP contribution in [0.1, 0.15) is 90.8 Å². The fraction of sp³-hybridized carbons (Fsp3) is 0.762. The lowest BCUT2D eigenvalue weighted by molar-refractivity contribution is -0.117. The molecule has 1 aliphatic carbocycles. The highest BCUT2D eigenvalue weighted by Gasteiger charge is 2.33. The monoisotopic (exact) mass is 406 g/mol. The maximum atomic E-state index is 12.5. The van der Waals surface area contributed by atoms with Gasteiger partial charge in [0.1, 0.15) is 5.78 Å². The predicted octanol–water partition coefficient (Wildman–Crippen LogP) is 7.37. The third-order valence-corrected chi connectivity index (χ3v) is 4.39. The van der Waals surface area contributed by atoms with Gasteiger partial charge >= 0.3 is 0 Å². The van der Waals surface area contributed by atoms with Gasteiger partial charge in [0.2, 0.25) is 11.2 Å². The third kappa shape index (κ3) is 15.6. The molecule has 1 heterocycles. The number of aromatic nitrogens is 2. The van der Waals surface area contributed by atoms with E-state index >= 15 is 0 Å². The summed E-state index contributed by atoms with van der Waals surface area (Å²) in [6.07, 6.45) is 6.18. The number of hydrogen-bond donors (Lipinski definition) is 0. The van der Waals surface area contributed by atoms with E-state index in [9.17, 15) is 13.6 Å². The lowest BCUT2D eigenvalue weighted by Crippen LogP contribution is -2.24. The standard InChI is InChI=1S/C8H14F2.C6H7ClN2.C5H10O.C2H6/c1-2-7-3-5-8(9,10)6-4-7;1-4-3-8-6(7)9-5(4)2;1-3-4-5(2)6;1-2/h7H,2-6H2,1H3;3H,1-2H3;3-4H2,1-2H3;1-2H3. The van der Waals surface area contributed by atoms with Gasteiger partial charge in [-0.05, 0) is 63.1 Å². The number of halogens is 3. The van der Waals surface area contributed by atoms with Gasteiger partial charge in [0, 0.05) is 31.2 Å². The van der Waals surface area contributed by atoms with Crippen LogP contribution in [0.2, 0.25) is 5.28 Å². The average molecular weight is 407 g/mol. The first-order valence-corrected chi connectivity index (χ1v) is 10.3. The normalized spacial score (nSPS) is 15.2. The zero-order valence-corrected chi connectivity index (χ0v) is 18.8. The van der Waals surface area contributed by atoms with E-state index < -0.39 is 5.92 Å². The molecule has 0 amide bonds. The highest BCUT2D eigenvalue weighted by molar-refractivity contribution is 6.28. The minimum absolute atomic E-state index is 0.117. The summed E-state index contributed by atoms with van der Waals surface area (Å²) in [6.45, 7) is 13.5. The molecule has 6 heteroatoms. The molecule has 3 nitrogen and oxygen atoms in total. The molecular weight excluding hydrogens is 370 g/mol. The molecule has 27 heavy (non-hydrogen) atoms. The van der Waals surface area contributed by atoms with E-state index in [1.807, 2.05) is 34.6 Å². The lowest BCUT2D eigenvalue weighted by atomic mass is 9.85. The number of carbonyl (C=O) groups is 1. The van der Waals surface area contributed by atoms with Gasteiger partial charge in [-0.2, -0.15) is 0 Å². The Bertz CT molecular complexity index is 515. The highest BCUT2D eigenvalue weighted by Crippen LogP contribution is 2.37. The Morgan fingerprint density at radius 3 is 2.04 bits per heavy atom. The van der Waals surface area contributed by atoms with Crippen molar-refractivity contribution < 1.29 is 13.6 Å². The summed E-state index contributed by atoms with van der Waals surface area (Å²) in [6, 6.07) is 0. The number of rotatable bonds is 3. The second kappa shape index (κ2) is 15.9. The van der Waals surface area contributed by atoms with E-state index in [-0.39, 0.29) is 18.6 Å². The topological polar surface area (TPSA) is 42.9 Å². The summed E-state index contributed by atoms with van der Waals surface area (Å²) in [5.41, 5.74) is 2.01. The molecule has 158 valence electrons.